The molecule has 3 aromatic carbocycles. The molecule has 1 atom stereocenters. The minimum atomic E-state index is -0.248. The summed E-state index contributed by atoms with van der Waals surface area (Å²) in [5.41, 5.74) is 1.82. The quantitative estimate of drug-likeness (QED) is 0.628. The van der Waals surface area contributed by atoms with Crippen molar-refractivity contribution >= 4 is 22.4 Å². The van der Waals surface area contributed by atoms with E-state index < -0.39 is 0 Å². The number of likely N-dealkylation sites (N-methyl/N-ethyl adjacent to an activating group) is 1. The average Bonchev–Trinajstić information content (AvgIpc) is 2.86. The summed E-state index contributed by atoms with van der Waals surface area (Å²) < 4.78 is 12.0. The fourth-order valence-electron chi connectivity index (χ4n) is 4.61. The molecule has 1 saturated heterocycles. The van der Waals surface area contributed by atoms with E-state index in [1.807, 2.05) is 42.5 Å². The first-order chi connectivity index (χ1) is 16.2. The molecule has 1 N–H and O–H groups in total. The third-order valence-corrected chi connectivity index (χ3v) is 6.66. The lowest BCUT2D eigenvalue weighted by Gasteiger charge is -2.32. The Bertz CT molecular complexity index is 1120. The Morgan fingerprint density at radius 3 is 2.70 bits per heavy atom. The molecule has 2 aliphatic rings. The molecule has 0 spiro atoms. The molecule has 1 unspecified atom stereocenters. The molecule has 172 valence electrons. The lowest BCUT2D eigenvalue weighted by atomic mass is 9.91. The Morgan fingerprint density at radius 2 is 1.82 bits per heavy atom. The van der Waals surface area contributed by atoms with Gasteiger partial charge in [0, 0.05) is 38.3 Å². The summed E-state index contributed by atoms with van der Waals surface area (Å²) in [6.07, 6.45) is 0.662. The molecule has 33 heavy (non-hydrogen) atoms. The highest BCUT2D eigenvalue weighted by Crippen LogP contribution is 2.34. The van der Waals surface area contributed by atoms with Crippen LogP contribution in [0.25, 0.3) is 10.8 Å². The van der Waals surface area contributed by atoms with Crippen molar-refractivity contribution in [3.05, 3.63) is 66.2 Å². The molecule has 1 fully saturated rings. The maximum atomic E-state index is 13.2. The van der Waals surface area contributed by atoms with Crippen molar-refractivity contribution < 1.29 is 14.3 Å². The summed E-state index contributed by atoms with van der Waals surface area (Å²) in [4.78, 5) is 17.9. The normalized spacial score (nSPS) is 19.0. The fourth-order valence-corrected chi connectivity index (χ4v) is 4.61. The number of hydrogen-bond donors (Lipinski definition) is 1. The Labute approximate surface area is 195 Å². The first-order valence-electron chi connectivity index (χ1n) is 11.7. The molecule has 2 aliphatic heterocycles. The number of nitrogens with zero attached hydrogens (tertiary/aromatic N) is 2. The third kappa shape index (κ3) is 4.97. The number of hydrogen-bond acceptors (Lipinski definition) is 5. The van der Waals surface area contributed by atoms with Crippen LogP contribution in [0.3, 0.4) is 0 Å². The van der Waals surface area contributed by atoms with Gasteiger partial charge in [-0.1, -0.05) is 42.5 Å². The maximum absolute atomic E-state index is 13.2. The second kappa shape index (κ2) is 9.81. The van der Waals surface area contributed by atoms with E-state index in [9.17, 15) is 4.79 Å². The predicted octanol–water partition coefficient (Wildman–Crippen LogP) is 3.66. The molecule has 3 aromatic rings. The molecule has 0 saturated carbocycles. The van der Waals surface area contributed by atoms with Crippen LogP contribution in [0.15, 0.2) is 60.7 Å². The van der Waals surface area contributed by atoms with Gasteiger partial charge in [-0.05, 0) is 42.4 Å². The van der Waals surface area contributed by atoms with E-state index in [1.54, 1.807) is 0 Å². The van der Waals surface area contributed by atoms with Gasteiger partial charge in [-0.3, -0.25) is 9.69 Å². The predicted molar refractivity (Wildman–Crippen MR) is 131 cm³/mol. The van der Waals surface area contributed by atoms with Crippen LogP contribution >= 0.6 is 0 Å². The zero-order valence-corrected chi connectivity index (χ0v) is 19.1. The van der Waals surface area contributed by atoms with E-state index in [2.05, 4.69) is 40.4 Å². The fraction of sp³-hybridized carbons (Fsp3) is 0.370. The van der Waals surface area contributed by atoms with Gasteiger partial charge in [-0.25, -0.2) is 0 Å². The van der Waals surface area contributed by atoms with Gasteiger partial charge in [-0.2, -0.15) is 0 Å². The zero-order chi connectivity index (χ0) is 22.6. The first kappa shape index (κ1) is 21.7. The van der Waals surface area contributed by atoms with Crippen LogP contribution in [-0.2, 0) is 11.2 Å². The largest absolute Gasteiger partial charge is 0.492 e. The SMILES string of the molecule is CN1CCN(CCOc2ccccc2NC(=O)C2COc3ccc4ccccc4c3C2)CC1. The minimum Gasteiger partial charge on any atom is -0.492 e. The number of carbonyl (C=O) groups excluding carboxylic acids is 1. The molecule has 1 amide bonds. The molecular weight excluding hydrogens is 414 g/mol. The number of amides is 1. The number of nitrogens with one attached hydrogen (secondary N) is 1. The van der Waals surface area contributed by atoms with Crippen molar-refractivity contribution in [1.82, 2.24) is 9.80 Å². The molecular formula is C27H31N3O3. The smallest absolute Gasteiger partial charge is 0.231 e. The van der Waals surface area contributed by atoms with Gasteiger partial charge in [0.25, 0.3) is 0 Å². The van der Waals surface area contributed by atoms with Gasteiger partial charge < -0.3 is 19.7 Å². The summed E-state index contributed by atoms with van der Waals surface area (Å²) in [7, 11) is 2.16. The highest BCUT2D eigenvalue weighted by atomic mass is 16.5. The van der Waals surface area contributed by atoms with E-state index in [-0.39, 0.29) is 11.8 Å². The summed E-state index contributed by atoms with van der Waals surface area (Å²) in [6, 6.07) is 20.0. The monoisotopic (exact) mass is 445 g/mol. The number of piperazine rings is 1. The molecule has 6 heteroatoms. The third-order valence-electron chi connectivity index (χ3n) is 6.66. The summed E-state index contributed by atoms with van der Waals surface area (Å²) >= 11 is 0. The molecule has 0 bridgehead atoms. The number of benzene rings is 3. The Balaban J connectivity index is 1.22. The molecule has 5 rings (SSSR count). The number of rotatable bonds is 6. The van der Waals surface area contributed by atoms with Crippen LogP contribution in [-0.4, -0.2) is 68.7 Å². The van der Waals surface area contributed by atoms with E-state index in [0.717, 1.165) is 49.4 Å². The van der Waals surface area contributed by atoms with E-state index in [1.165, 1.54) is 5.39 Å². The van der Waals surface area contributed by atoms with Gasteiger partial charge in [-0.15, -0.1) is 0 Å². The Hall–Kier alpha value is -3.09. The molecule has 2 heterocycles. The highest BCUT2D eigenvalue weighted by molar-refractivity contribution is 5.95. The van der Waals surface area contributed by atoms with Crippen molar-refractivity contribution in [3.63, 3.8) is 0 Å². The van der Waals surface area contributed by atoms with Crippen LogP contribution < -0.4 is 14.8 Å². The second-order valence-corrected chi connectivity index (χ2v) is 8.95. The van der Waals surface area contributed by atoms with E-state index in [0.29, 0.717) is 31.1 Å². The first-order valence-corrected chi connectivity index (χ1v) is 11.7. The van der Waals surface area contributed by atoms with Crippen molar-refractivity contribution in [2.75, 3.05) is 58.3 Å². The molecule has 0 radical (unpaired) electrons. The topological polar surface area (TPSA) is 54.0 Å². The van der Waals surface area contributed by atoms with Gasteiger partial charge in [0.2, 0.25) is 5.91 Å². The lowest BCUT2D eigenvalue weighted by molar-refractivity contribution is -0.121. The molecule has 0 aliphatic carbocycles. The van der Waals surface area contributed by atoms with Crippen molar-refractivity contribution in [2.24, 2.45) is 5.92 Å². The summed E-state index contributed by atoms with van der Waals surface area (Å²) in [6.45, 7) is 6.18. The summed E-state index contributed by atoms with van der Waals surface area (Å²) in [5.74, 6) is 1.30. The second-order valence-electron chi connectivity index (χ2n) is 8.95. The number of ether oxygens (including phenoxy) is 2. The van der Waals surface area contributed by atoms with Gasteiger partial charge in [0.1, 0.15) is 24.7 Å². The van der Waals surface area contributed by atoms with E-state index >= 15 is 0 Å². The Kier molecular flexibility index (Phi) is 6.46. The van der Waals surface area contributed by atoms with Crippen molar-refractivity contribution in [3.8, 4) is 11.5 Å². The Morgan fingerprint density at radius 1 is 1.03 bits per heavy atom. The number of para-hydroxylation sites is 2. The van der Waals surface area contributed by atoms with Crippen molar-refractivity contribution in [1.29, 1.82) is 0 Å². The van der Waals surface area contributed by atoms with Crippen LogP contribution in [0, 0.1) is 5.92 Å². The van der Waals surface area contributed by atoms with Crippen LogP contribution in [0.1, 0.15) is 5.56 Å². The standard InChI is InChI=1S/C27H31N3O3/c1-29-12-14-30(15-13-29)16-17-32-26-9-5-4-8-24(26)28-27(31)21-18-23-22-7-3-2-6-20(22)10-11-25(23)33-19-21/h2-11,21H,12-19H2,1H3,(H,28,31). The molecule has 6 nitrogen and oxygen atoms in total. The van der Waals surface area contributed by atoms with Gasteiger partial charge in [0.05, 0.1) is 11.6 Å². The number of carbonyl (C=O) groups is 1. The van der Waals surface area contributed by atoms with Gasteiger partial charge >= 0.3 is 0 Å². The summed E-state index contributed by atoms with van der Waals surface area (Å²) in [5, 5.41) is 5.41. The average molecular weight is 446 g/mol. The van der Waals surface area contributed by atoms with Crippen LogP contribution in [0.2, 0.25) is 0 Å². The van der Waals surface area contributed by atoms with Crippen molar-refractivity contribution in [2.45, 2.75) is 6.42 Å². The van der Waals surface area contributed by atoms with Gasteiger partial charge in [0.15, 0.2) is 0 Å². The van der Waals surface area contributed by atoms with Crippen LogP contribution in [0.5, 0.6) is 11.5 Å². The minimum absolute atomic E-state index is 0.0382. The maximum Gasteiger partial charge on any atom is 0.231 e. The molecule has 0 aromatic heterocycles. The number of anilines is 1. The van der Waals surface area contributed by atoms with Crippen LogP contribution in [0.4, 0.5) is 5.69 Å². The zero-order valence-electron chi connectivity index (χ0n) is 19.1. The lowest BCUT2D eigenvalue weighted by Crippen LogP contribution is -2.45. The highest BCUT2D eigenvalue weighted by Gasteiger charge is 2.28. The number of fused-ring (bicyclic) bond motifs is 3. The van der Waals surface area contributed by atoms with E-state index in [4.69, 9.17) is 9.47 Å².